The van der Waals surface area contributed by atoms with Crippen molar-refractivity contribution < 1.29 is 80.1 Å². The molecule has 0 aliphatic carbocycles. The second kappa shape index (κ2) is 17.5. The summed E-state index contributed by atoms with van der Waals surface area (Å²) in [5.74, 6) is 0. The molecule has 5 aromatic heterocycles. The molecule has 2 N–H and O–H groups in total. The summed E-state index contributed by atoms with van der Waals surface area (Å²) in [5.41, 5.74) is 1.24. The van der Waals surface area contributed by atoms with Crippen LogP contribution in [0.15, 0.2) is 110 Å². The third-order valence-electron chi connectivity index (χ3n) is 6.27. The summed E-state index contributed by atoms with van der Waals surface area (Å²) < 4.78 is 129. The molecule has 0 unspecified atom stereocenters. The quantitative estimate of drug-likeness (QED) is 0.0596. The number of hydrogen-bond donors (Lipinski definition) is 0. The molecule has 0 radical (unpaired) electrons. The van der Waals surface area contributed by atoms with Crippen LogP contribution in [-0.4, -0.2) is 46.6 Å². The molecular formula is C30H37F12N7O2P2Ru. The molecule has 306 valence electrons. The Bertz CT molecular complexity index is 1590. The second-order valence-corrected chi connectivity index (χ2v) is 15.0. The number of unbranched alkanes of at least 4 members (excludes halogenated alkanes) is 2. The zero-order chi connectivity index (χ0) is 39.5. The first-order chi connectivity index (χ1) is 23.5. The van der Waals surface area contributed by atoms with Crippen LogP contribution in [0.2, 0.25) is 0 Å². The number of rotatable bonds is 10. The molecule has 54 heavy (non-hydrogen) atoms. The van der Waals surface area contributed by atoms with Crippen LogP contribution in [0.5, 0.6) is 0 Å². The Kier molecular flexibility index (Phi) is 16.3. The van der Waals surface area contributed by atoms with Crippen molar-refractivity contribution >= 4 is 15.6 Å². The first-order valence-corrected chi connectivity index (χ1v) is 19.1. The maximum Gasteiger partial charge on any atom is 2.00 e. The van der Waals surface area contributed by atoms with E-state index in [9.17, 15) is 50.4 Å². The Hall–Kier alpha value is -3.57. The van der Waals surface area contributed by atoms with Gasteiger partial charge in [-0.2, -0.15) is 10.2 Å². The van der Waals surface area contributed by atoms with Crippen LogP contribution in [0.1, 0.15) is 57.1 Å². The molecule has 5 aromatic rings. The molecule has 0 atom stereocenters. The average Bonchev–Trinajstić information content (AvgIpc) is 3.77. The molecule has 9 nitrogen and oxygen atoms in total. The van der Waals surface area contributed by atoms with E-state index >= 15 is 0 Å². The summed E-state index contributed by atoms with van der Waals surface area (Å²) in [4.78, 5) is 13.8. The van der Waals surface area contributed by atoms with Gasteiger partial charge in [0, 0.05) is 50.0 Å². The first-order valence-electron chi connectivity index (χ1n) is 15.0. The van der Waals surface area contributed by atoms with Gasteiger partial charge in [0.1, 0.15) is 5.66 Å². The summed E-state index contributed by atoms with van der Waals surface area (Å²) in [5, 5.41) is 8.40. The zero-order valence-electron chi connectivity index (χ0n) is 28.5. The van der Waals surface area contributed by atoms with Crippen LogP contribution in [0.4, 0.5) is 50.4 Å². The van der Waals surface area contributed by atoms with Crippen molar-refractivity contribution in [2.24, 2.45) is 0 Å². The van der Waals surface area contributed by atoms with Gasteiger partial charge in [0.15, 0.2) is 5.60 Å². The number of nitrogens with zero attached hydrogens (tertiary/aromatic N) is 7. The number of hydrogen-bond acceptors (Lipinski definition) is 6. The van der Waals surface area contributed by atoms with Gasteiger partial charge in [-0.15, -0.1) is 0 Å². The Morgan fingerprint density at radius 1 is 0.556 bits per heavy atom. The molecule has 0 aliphatic rings. The van der Waals surface area contributed by atoms with Crippen molar-refractivity contribution in [2.45, 2.75) is 51.3 Å². The van der Waals surface area contributed by atoms with E-state index in [4.69, 9.17) is 4.74 Å². The van der Waals surface area contributed by atoms with E-state index in [2.05, 4.69) is 45.9 Å². The normalized spacial score (nSPS) is 14.1. The van der Waals surface area contributed by atoms with Crippen molar-refractivity contribution in [3.63, 3.8) is 0 Å². The molecular weight excluding hydrogens is 881 g/mol. The van der Waals surface area contributed by atoms with Gasteiger partial charge in [-0.05, 0) is 68.8 Å². The van der Waals surface area contributed by atoms with Crippen molar-refractivity contribution in [1.82, 2.24) is 34.5 Å². The van der Waals surface area contributed by atoms with Gasteiger partial charge in [-0.25, -0.2) is 9.36 Å². The minimum absolute atomic E-state index is 0. The standard InChI is InChI=1S/C21H23N3O.C9H12N4.2F6P.H2O.Ru/c1-2-3-10-17-25-21(18-11-4-7-14-22-18,19-12-5-8-15-23-19)20-13-6-9-16-24-20;1-9(2,12-7-3-5-10-12)13-8-4-6-11-13;2*1-7(2,3,4,5)6;;/h4-9,11-16H,2-3,10,17H2,1H3;3-8H,1-2H3;;;1H2;/q;;2*-1;;+2. The number of aromatic nitrogens is 7. The van der Waals surface area contributed by atoms with Crippen LogP contribution in [-0.2, 0) is 35.5 Å². The van der Waals surface area contributed by atoms with E-state index in [1.54, 1.807) is 31.0 Å². The van der Waals surface area contributed by atoms with Crippen molar-refractivity contribution in [2.75, 3.05) is 6.61 Å². The number of halogens is 12. The minimum atomic E-state index is -10.7. The summed E-state index contributed by atoms with van der Waals surface area (Å²) in [7, 11) is -21.3. The van der Waals surface area contributed by atoms with Crippen LogP contribution >= 0.6 is 15.6 Å². The van der Waals surface area contributed by atoms with E-state index in [0.717, 1.165) is 36.3 Å². The monoisotopic (exact) mass is 919 g/mol. The fraction of sp³-hybridized carbons (Fsp3) is 0.300. The predicted molar refractivity (Wildman–Crippen MR) is 178 cm³/mol. The molecule has 0 spiro atoms. The third kappa shape index (κ3) is 21.4. The van der Waals surface area contributed by atoms with Gasteiger partial charge >= 0.3 is 85.5 Å². The third-order valence-corrected chi connectivity index (χ3v) is 6.27. The molecule has 0 saturated heterocycles. The molecule has 0 aromatic carbocycles. The van der Waals surface area contributed by atoms with Crippen LogP contribution in [0.3, 0.4) is 0 Å². The Morgan fingerprint density at radius 3 is 1.13 bits per heavy atom. The molecule has 0 amide bonds. The maximum absolute atomic E-state index is 10.7. The molecule has 5 heterocycles. The SMILES string of the molecule is CC(C)(n1cccn1)n1cccn1.CCCCCOC(c1ccccn1)(c1ccccn1)c1ccccn1.F[P-](F)(F)(F)(F)F.F[P-](F)(F)(F)(F)F.O.[Ru+2]. The summed E-state index contributed by atoms with van der Waals surface area (Å²) in [6.07, 6.45) is 16.0. The summed E-state index contributed by atoms with van der Waals surface area (Å²) in [6.45, 7) is 6.93. The van der Waals surface area contributed by atoms with Crippen molar-refractivity contribution in [3.8, 4) is 0 Å². The molecule has 0 fully saturated rings. The molecule has 0 saturated carbocycles. The van der Waals surface area contributed by atoms with Gasteiger partial charge < -0.3 is 10.2 Å². The maximum atomic E-state index is 9.87. The van der Waals surface area contributed by atoms with Gasteiger partial charge in [0.05, 0.1) is 17.1 Å². The Morgan fingerprint density at radius 2 is 0.889 bits per heavy atom. The largest absolute Gasteiger partial charge is 2.00 e. The van der Waals surface area contributed by atoms with Gasteiger partial charge in [-0.3, -0.25) is 15.0 Å². The van der Waals surface area contributed by atoms with Crippen LogP contribution in [0, 0.1) is 0 Å². The smallest absolute Gasteiger partial charge is 0.412 e. The fourth-order valence-electron chi connectivity index (χ4n) is 4.20. The predicted octanol–water partition coefficient (Wildman–Crippen LogP) is 11.6. The van der Waals surface area contributed by atoms with Crippen molar-refractivity contribution in [3.05, 3.63) is 127 Å². The Balaban J connectivity index is 0.000000810. The van der Waals surface area contributed by atoms with E-state index in [0.29, 0.717) is 6.61 Å². The average molecular weight is 919 g/mol. The second-order valence-electron chi connectivity index (χ2n) is 11.2. The number of pyridine rings is 3. The molecule has 0 aliphatic heterocycles. The zero-order valence-corrected chi connectivity index (χ0v) is 32.1. The van der Waals surface area contributed by atoms with Crippen LogP contribution in [0.25, 0.3) is 0 Å². The Labute approximate surface area is 314 Å². The van der Waals surface area contributed by atoms with Crippen molar-refractivity contribution in [1.29, 1.82) is 0 Å². The van der Waals surface area contributed by atoms with Gasteiger partial charge in [0.25, 0.3) is 0 Å². The topological polar surface area (TPSA) is 115 Å². The summed E-state index contributed by atoms with van der Waals surface area (Å²) in [6, 6.07) is 21.4. The number of ether oxygens (including phenoxy) is 1. The van der Waals surface area contributed by atoms with E-state index in [-0.39, 0.29) is 30.6 Å². The fourth-order valence-corrected chi connectivity index (χ4v) is 4.20. The van der Waals surface area contributed by atoms with E-state index < -0.39 is 21.2 Å². The van der Waals surface area contributed by atoms with Crippen LogP contribution < -0.4 is 0 Å². The van der Waals surface area contributed by atoms with Gasteiger partial charge in [-0.1, -0.05) is 38.0 Å². The minimum Gasteiger partial charge on any atom is -0.412 e. The van der Waals surface area contributed by atoms with E-state index in [1.807, 2.05) is 88.5 Å². The summed E-state index contributed by atoms with van der Waals surface area (Å²) >= 11 is 0. The molecule has 0 bridgehead atoms. The molecule has 5 rings (SSSR count). The molecule has 24 heteroatoms. The first kappa shape index (κ1) is 50.4. The van der Waals surface area contributed by atoms with Gasteiger partial charge in [0.2, 0.25) is 0 Å². The van der Waals surface area contributed by atoms with E-state index in [1.165, 1.54) is 0 Å².